The summed E-state index contributed by atoms with van der Waals surface area (Å²) >= 11 is 0. The number of rotatable bonds is 2. The number of nitrogens with one attached hydrogen (secondary N) is 2. The van der Waals surface area contributed by atoms with Gasteiger partial charge in [-0.15, -0.1) is 0 Å². The van der Waals surface area contributed by atoms with Gasteiger partial charge in [0.05, 0.1) is 5.69 Å². The number of anilines is 1. The fourth-order valence-electron chi connectivity index (χ4n) is 2.88. The van der Waals surface area contributed by atoms with E-state index in [1.165, 1.54) is 0 Å². The molecule has 6 nitrogen and oxygen atoms in total. The molecule has 0 radical (unpaired) electrons. The zero-order valence-electron chi connectivity index (χ0n) is 12.6. The second-order valence-electron chi connectivity index (χ2n) is 6.05. The number of hydrogen-bond acceptors (Lipinski definition) is 4. The molecule has 1 saturated carbocycles. The van der Waals surface area contributed by atoms with Gasteiger partial charge in [-0.25, -0.2) is 0 Å². The van der Waals surface area contributed by atoms with Crippen LogP contribution in [0.25, 0.3) is 0 Å². The molecule has 1 atom stereocenters. The highest BCUT2D eigenvalue weighted by Crippen LogP contribution is 2.30. The average molecular weight is 303 g/mol. The molecule has 2 amide bonds. The molecule has 4 N–H and O–H groups in total. The molecule has 0 spiro atoms. The van der Waals surface area contributed by atoms with Gasteiger partial charge in [0.15, 0.2) is 6.10 Å². The number of benzene rings is 1. The van der Waals surface area contributed by atoms with Crippen molar-refractivity contribution < 1.29 is 14.3 Å². The van der Waals surface area contributed by atoms with Crippen molar-refractivity contribution >= 4 is 17.5 Å². The Labute approximate surface area is 129 Å². The summed E-state index contributed by atoms with van der Waals surface area (Å²) in [6.45, 7) is 1.69. The fraction of sp³-hybridized carbons (Fsp3) is 0.500. The molecule has 0 bridgehead atoms. The van der Waals surface area contributed by atoms with Crippen molar-refractivity contribution in [2.45, 2.75) is 50.8 Å². The maximum atomic E-state index is 12.3. The average Bonchev–Trinajstić information content (AvgIpc) is 2.50. The van der Waals surface area contributed by atoms with Crippen LogP contribution in [0.5, 0.6) is 5.75 Å². The van der Waals surface area contributed by atoms with E-state index in [-0.39, 0.29) is 23.9 Å². The Hall–Kier alpha value is -2.08. The Morgan fingerprint density at radius 3 is 2.77 bits per heavy atom. The Kier molecular flexibility index (Phi) is 4.02. The third-order valence-electron chi connectivity index (χ3n) is 4.28. The van der Waals surface area contributed by atoms with Crippen LogP contribution in [0.1, 0.15) is 43.0 Å². The molecule has 1 unspecified atom stereocenters. The molecule has 1 aromatic rings. The van der Waals surface area contributed by atoms with Gasteiger partial charge < -0.3 is 21.1 Å². The van der Waals surface area contributed by atoms with E-state index in [0.29, 0.717) is 17.0 Å². The second kappa shape index (κ2) is 5.96. The van der Waals surface area contributed by atoms with Crippen molar-refractivity contribution in [2.24, 2.45) is 5.73 Å². The molecule has 0 aromatic heterocycles. The number of carbonyl (C=O) groups excluding carboxylic acids is 2. The summed E-state index contributed by atoms with van der Waals surface area (Å²) in [4.78, 5) is 24.0. The highest BCUT2D eigenvalue weighted by atomic mass is 16.5. The lowest BCUT2D eigenvalue weighted by Gasteiger charge is -2.27. The van der Waals surface area contributed by atoms with Crippen LogP contribution in [0, 0.1) is 0 Å². The van der Waals surface area contributed by atoms with Gasteiger partial charge in [-0.1, -0.05) is 0 Å². The Balaban J connectivity index is 1.68. The van der Waals surface area contributed by atoms with E-state index in [2.05, 4.69) is 10.6 Å². The van der Waals surface area contributed by atoms with E-state index in [0.717, 1.165) is 25.7 Å². The number of nitrogens with two attached hydrogens (primary N) is 1. The van der Waals surface area contributed by atoms with Gasteiger partial charge in [0.1, 0.15) is 5.75 Å². The largest absolute Gasteiger partial charge is 0.479 e. The maximum absolute atomic E-state index is 12.3. The number of hydrogen-bond donors (Lipinski definition) is 3. The van der Waals surface area contributed by atoms with Gasteiger partial charge in [-0.2, -0.15) is 0 Å². The van der Waals surface area contributed by atoms with Crippen LogP contribution in [-0.2, 0) is 4.79 Å². The van der Waals surface area contributed by atoms with Crippen LogP contribution in [0.15, 0.2) is 18.2 Å². The molecule has 0 saturated heterocycles. The fourth-order valence-corrected chi connectivity index (χ4v) is 2.88. The van der Waals surface area contributed by atoms with Crippen LogP contribution in [0.4, 0.5) is 5.69 Å². The normalized spacial score (nSPS) is 27.4. The minimum absolute atomic E-state index is 0.129. The van der Waals surface area contributed by atoms with E-state index in [9.17, 15) is 9.59 Å². The summed E-state index contributed by atoms with van der Waals surface area (Å²) in [7, 11) is 0. The molecule has 2 aliphatic rings. The maximum Gasteiger partial charge on any atom is 0.265 e. The highest BCUT2D eigenvalue weighted by Gasteiger charge is 2.25. The zero-order valence-corrected chi connectivity index (χ0v) is 12.6. The summed E-state index contributed by atoms with van der Waals surface area (Å²) in [6.07, 6.45) is 3.19. The Morgan fingerprint density at radius 1 is 1.32 bits per heavy atom. The molecule has 1 aromatic carbocycles. The van der Waals surface area contributed by atoms with Crippen molar-refractivity contribution in [1.29, 1.82) is 0 Å². The number of carbonyl (C=O) groups is 2. The summed E-state index contributed by atoms with van der Waals surface area (Å²) in [6, 6.07) is 5.52. The number of fused-ring (bicyclic) bond motifs is 1. The first-order valence-electron chi connectivity index (χ1n) is 7.71. The van der Waals surface area contributed by atoms with Crippen LogP contribution < -0.4 is 21.1 Å². The van der Waals surface area contributed by atoms with Gasteiger partial charge in [-0.3, -0.25) is 9.59 Å². The zero-order chi connectivity index (χ0) is 15.7. The van der Waals surface area contributed by atoms with E-state index >= 15 is 0 Å². The molecule has 118 valence electrons. The Morgan fingerprint density at radius 2 is 2.05 bits per heavy atom. The Bertz CT molecular complexity index is 594. The quantitative estimate of drug-likeness (QED) is 0.770. The predicted octanol–water partition coefficient (Wildman–Crippen LogP) is 1.41. The third-order valence-corrected chi connectivity index (χ3v) is 4.28. The SMILES string of the molecule is CC1Oc2ccc(C(=O)NC3CCC(N)CC3)cc2NC1=O. The predicted molar refractivity (Wildman–Crippen MR) is 82.9 cm³/mol. The van der Waals surface area contributed by atoms with Crippen molar-refractivity contribution in [1.82, 2.24) is 5.32 Å². The molecule has 6 heteroatoms. The molecule has 3 rings (SSSR count). The van der Waals surface area contributed by atoms with Gasteiger partial charge in [0, 0.05) is 17.6 Å². The minimum Gasteiger partial charge on any atom is -0.479 e. The monoisotopic (exact) mass is 303 g/mol. The van der Waals surface area contributed by atoms with Crippen molar-refractivity contribution in [3.63, 3.8) is 0 Å². The molecule has 1 aliphatic heterocycles. The molecule has 1 heterocycles. The van der Waals surface area contributed by atoms with E-state index in [1.807, 2.05) is 0 Å². The molecular formula is C16H21N3O3. The third kappa shape index (κ3) is 3.06. The lowest BCUT2D eigenvalue weighted by molar-refractivity contribution is -0.122. The van der Waals surface area contributed by atoms with Crippen molar-refractivity contribution in [3.05, 3.63) is 23.8 Å². The first-order chi connectivity index (χ1) is 10.5. The van der Waals surface area contributed by atoms with E-state index < -0.39 is 6.10 Å². The van der Waals surface area contributed by atoms with Crippen LogP contribution in [0.3, 0.4) is 0 Å². The molecular weight excluding hydrogens is 282 g/mol. The van der Waals surface area contributed by atoms with Crippen LogP contribution in [0.2, 0.25) is 0 Å². The van der Waals surface area contributed by atoms with E-state index in [1.54, 1.807) is 25.1 Å². The topological polar surface area (TPSA) is 93.4 Å². The lowest BCUT2D eigenvalue weighted by Crippen LogP contribution is -2.40. The van der Waals surface area contributed by atoms with Crippen LogP contribution in [-0.4, -0.2) is 30.0 Å². The van der Waals surface area contributed by atoms with Gasteiger partial charge in [0.2, 0.25) is 0 Å². The lowest BCUT2D eigenvalue weighted by atomic mass is 9.91. The molecule has 1 fully saturated rings. The molecule has 1 aliphatic carbocycles. The summed E-state index contributed by atoms with van der Waals surface area (Å²) in [5.74, 6) is 0.259. The summed E-state index contributed by atoms with van der Waals surface area (Å²) < 4.78 is 5.48. The highest BCUT2D eigenvalue weighted by molar-refractivity contribution is 6.01. The van der Waals surface area contributed by atoms with Crippen LogP contribution >= 0.6 is 0 Å². The first kappa shape index (κ1) is 14.8. The summed E-state index contributed by atoms with van der Waals surface area (Å²) in [5, 5.41) is 5.79. The van der Waals surface area contributed by atoms with E-state index in [4.69, 9.17) is 10.5 Å². The summed E-state index contributed by atoms with van der Waals surface area (Å²) in [5.41, 5.74) is 6.94. The smallest absolute Gasteiger partial charge is 0.265 e. The first-order valence-corrected chi connectivity index (χ1v) is 7.71. The van der Waals surface area contributed by atoms with Crippen molar-refractivity contribution in [2.75, 3.05) is 5.32 Å². The van der Waals surface area contributed by atoms with Crippen molar-refractivity contribution in [3.8, 4) is 5.75 Å². The standard InChI is InChI=1S/C16H21N3O3/c1-9-15(20)19-13-8-10(2-7-14(13)22-9)16(21)18-12-5-3-11(17)4-6-12/h2,7-9,11-12H,3-6,17H2,1H3,(H,18,21)(H,19,20). The van der Waals surface area contributed by atoms with Gasteiger partial charge >= 0.3 is 0 Å². The van der Waals surface area contributed by atoms with Gasteiger partial charge in [0.25, 0.3) is 11.8 Å². The second-order valence-corrected chi connectivity index (χ2v) is 6.05. The molecule has 22 heavy (non-hydrogen) atoms. The number of ether oxygens (including phenoxy) is 1. The van der Waals surface area contributed by atoms with Gasteiger partial charge in [-0.05, 0) is 50.8 Å². The minimum atomic E-state index is -0.515. The number of amides is 2.